The van der Waals surface area contributed by atoms with Gasteiger partial charge in [-0.3, -0.25) is 4.98 Å². The fourth-order valence-electron chi connectivity index (χ4n) is 2.33. The highest BCUT2D eigenvalue weighted by molar-refractivity contribution is 5.89. The molecule has 3 rings (SSSR count). The maximum Gasteiger partial charge on any atom is 0.138 e. The smallest absolute Gasteiger partial charge is 0.138 e. The standard InChI is InChI=1S/C17H18N4/c1-11-7-6-10-15(18-11)12(2)19-17-14-8-4-5-9-16(14)20-13(3)21-17/h4-10,12H,1-3H3,(H,19,20,21)/i4D. The van der Waals surface area contributed by atoms with Gasteiger partial charge in [0, 0.05) is 11.1 Å². The highest BCUT2D eigenvalue weighted by Crippen LogP contribution is 2.24. The SMILES string of the molecule is [2H]c1ccc2nc(C)nc(NC(C)c3cccc(C)n3)c2c1. The summed E-state index contributed by atoms with van der Waals surface area (Å²) >= 11 is 0. The number of hydrogen-bond acceptors (Lipinski definition) is 4. The van der Waals surface area contributed by atoms with E-state index in [0.29, 0.717) is 11.9 Å². The first-order chi connectivity index (χ1) is 10.5. The molecular weight excluding hydrogens is 260 g/mol. The van der Waals surface area contributed by atoms with Crippen molar-refractivity contribution in [1.82, 2.24) is 15.0 Å². The van der Waals surface area contributed by atoms with Crippen LogP contribution in [0.15, 0.2) is 42.4 Å². The van der Waals surface area contributed by atoms with Gasteiger partial charge in [0.05, 0.1) is 18.6 Å². The summed E-state index contributed by atoms with van der Waals surface area (Å²) in [7, 11) is 0. The summed E-state index contributed by atoms with van der Waals surface area (Å²) in [5, 5.41) is 4.26. The molecule has 4 nitrogen and oxygen atoms in total. The van der Waals surface area contributed by atoms with Crippen molar-refractivity contribution in [2.24, 2.45) is 0 Å². The van der Waals surface area contributed by atoms with Crippen molar-refractivity contribution in [3.8, 4) is 0 Å². The van der Waals surface area contributed by atoms with Gasteiger partial charge in [-0.25, -0.2) is 9.97 Å². The summed E-state index contributed by atoms with van der Waals surface area (Å²) in [6, 6.07) is 11.8. The van der Waals surface area contributed by atoms with Crippen LogP contribution < -0.4 is 5.32 Å². The van der Waals surface area contributed by atoms with Crippen molar-refractivity contribution < 1.29 is 1.37 Å². The molecule has 0 saturated carbocycles. The highest BCUT2D eigenvalue weighted by Gasteiger charge is 2.11. The second kappa shape index (κ2) is 5.48. The quantitative estimate of drug-likeness (QED) is 0.792. The van der Waals surface area contributed by atoms with Gasteiger partial charge in [-0.15, -0.1) is 0 Å². The zero-order valence-electron chi connectivity index (χ0n) is 13.4. The summed E-state index contributed by atoms with van der Waals surface area (Å²) in [4.78, 5) is 13.5. The van der Waals surface area contributed by atoms with Gasteiger partial charge >= 0.3 is 0 Å². The van der Waals surface area contributed by atoms with Crippen molar-refractivity contribution in [3.63, 3.8) is 0 Å². The molecule has 4 heteroatoms. The number of anilines is 1. The number of para-hydroxylation sites is 1. The summed E-state index contributed by atoms with van der Waals surface area (Å²) in [5.41, 5.74) is 2.80. The molecule has 2 heterocycles. The number of nitrogens with one attached hydrogen (secondary N) is 1. The number of nitrogens with zero attached hydrogens (tertiary/aromatic N) is 3. The monoisotopic (exact) mass is 279 g/mol. The zero-order chi connectivity index (χ0) is 15.7. The van der Waals surface area contributed by atoms with Crippen LogP contribution in [0.4, 0.5) is 5.82 Å². The average molecular weight is 279 g/mol. The molecular formula is C17H18N4. The second-order valence-electron chi connectivity index (χ2n) is 5.13. The number of aromatic nitrogens is 3. The number of rotatable bonds is 3. The Morgan fingerprint density at radius 3 is 2.71 bits per heavy atom. The van der Waals surface area contributed by atoms with Crippen LogP contribution in [0.25, 0.3) is 10.9 Å². The first-order valence-electron chi connectivity index (χ1n) is 7.48. The Morgan fingerprint density at radius 1 is 1.05 bits per heavy atom. The minimum Gasteiger partial charge on any atom is -0.361 e. The Morgan fingerprint density at radius 2 is 1.90 bits per heavy atom. The van der Waals surface area contributed by atoms with Crippen molar-refractivity contribution in [2.45, 2.75) is 26.8 Å². The topological polar surface area (TPSA) is 50.7 Å². The molecule has 21 heavy (non-hydrogen) atoms. The second-order valence-corrected chi connectivity index (χ2v) is 5.13. The maximum absolute atomic E-state index is 7.81. The van der Waals surface area contributed by atoms with Crippen molar-refractivity contribution in [3.05, 3.63) is 59.7 Å². The Kier molecular flexibility index (Phi) is 3.20. The highest BCUT2D eigenvalue weighted by atomic mass is 15.1. The van der Waals surface area contributed by atoms with Gasteiger partial charge in [-0.2, -0.15) is 0 Å². The van der Waals surface area contributed by atoms with Crippen molar-refractivity contribution in [1.29, 1.82) is 0 Å². The Balaban J connectivity index is 2.01. The van der Waals surface area contributed by atoms with Gasteiger partial charge in [0.25, 0.3) is 0 Å². The fraction of sp³-hybridized carbons (Fsp3) is 0.235. The number of benzene rings is 1. The lowest BCUT2D eigenvalue weighted by Crippen LogP contribution is -2.11. The third kappa shape index (κ3) is 2.84. The summed E-state index contributed by atoms with van der Waals surface area (Å²) < 4.78 is 7.81. The summed E-state index contributed by atoms with van der Waals surface area (Å²) in [5.74, 6) is 1.45. The van der Waals surface area contributed by atoms with E-state index in [4.69, 9.17) is 1.37 Å². The molecule has 0 saturated heterocycles. The van der Waals surface area contributed by atoms with E-state index in [1.165, 1.54) is 0 Å². The lowest BCUT2D eigenvalue weighted by molar-refractivity contribution is 0.823. The first kappa shape index (κ1) is 12.3. The lowest BCUT2D eigenvalue weighted by Gasteiger charge is -2.16. The molecule has 0 aliphatic heterocycles. The van der Waals surface area contributed by atoms with Crippen LogP contribution in [0.5, 0.6) is 0 Å². The number of fused-ring (bicyclic) bond motifs is 1. The minimum atomic E-state index is 0.0202. The van der Waals surface area contributed by atoms with Gasteiger partial charge in [0.2, 0.25) is 0 Å². The van der Waals surface area contributed by atoms with Gasteiger partial charge in [0.15, 0.2) is 0 Å². The molecule has 1 unspecified atom stereocenters. The molecule has 1 atom stereocenters. The molecule has 0 bridgehead atoms. The molecule has 1 aromatic carbocycles. The van der Waals surface area contributed by atoms with E-state index in [2.05, 4.69) is 27.2 Å². The number of hydrogen-bond donors (Lipinski definition) is 1. The number of pyridine rings is 1. The normalized spacial score (nSPS) is 13.0. The molecule has 0 fully saturated rings. The number of aryl methyl sites for hydroxylation is 2. The van der Waals surface area contributed by atoms with Gasteiger partial charge in [-0.05, 0) is 45.0 Å². The maximum atomic E-state index is 7.81. The van der Waals surface area contributed by atoms with Crippen LogP contribution in [0.3, 0.4) is 0 Å². The molecule has 0 amide bonds. The third-order valence-electron chi connectivity index (χ3n) is 3.36. The molecule has 0 aliphatic carbocycles. The van der Waals surface area contributed by atoms with E-state index in [1.54, 1.807) is 12.1 Å². The van der Waals surface area contributed by atoms with Crippen LogP contribution in [-0.4, -0.2) is 15.0 Å². The molecule has 0 aliphatic rings. The largest absolute Gasteiger partial charge is 0.361 e. The Bertz CT molecular complexity index is 832. The molecule has 106 valence electrons. The van der Waals surface area contributed by atoms with Crippen molar-refractivity contribution in [2.75, 3.05) is 5.32 Å². The van der Waals surface area contributed by atoms with Crippen molar-refractivity contribution >= 4 is 16.7 Å². The lowest BCUT2D eigenvalue weighted by atomic mass is 10.2. The van der Waals surface area contributed by atoms with Crippen LogP contribution >= 0.6 is 0 Å². The van der Waals surface area contributed by atoms with Gasteiger partial charge in [0.1, 0.15) is 11.6 Å². The summed E-state index contributed by atoms with van der Waals surface area (Å²) in [6.45, 7) is 5.90. The predicted molar refractivity (Wildman–Crippen MR) is 85.3 cm³/mol. The van der Waals surface area contributed by atoms with Crippen LogP contribution in [-0.2, 0) is 0 Å². The Hall–Kier alpha value is -2.49. The van der Waals surface area contributed by atoms with Crippen LogP contribution in [0.2, 0.25) is 0 Å². The third-order valence-corrected chi connectivity index (χ3v) is 3.36. The summed E-state index contributed by atoms with van der Waals surface area (Å²) in [6.07, 6.45) is 0. The van der Waals surface area contributed by atoms with E-state index in [9.17, 15) is 0 Å². The molecule has 0 spiro atoms. The van der Waals surface area contributed by atoms with E-state index >= 15 is 0 Å². The van der Waals surface area contributed by atoms with E-state index < -0.39 is 0 Å². The van der Waals surface area contributed by atoms with Gasteiger partial charge in [-0.1, -0.05) is 18.2 Å². The molecule has 0 radical (unpaired) electrons. The minimum absolute atomic E-state index is 0.0202. The van der Waals surface area contributed by atoms with E-state index in [0.717, 1.165) is 28.1 Å². The predicted octanol–water partition coefficient (Wildman–Crippen LogP) is 3.81. The zero-order valence-corrected chi connectivity index (χ0v) is 12.4. The molecule has 2 aromatic heterocycles. The Labute approximate surface area is 125 Å². The van der Waals surface area contributed by atoms with E-state index in [-0.39, 0.29) is 6.04 Å². The average Bonchev–Trinajstić information content (AvgIpc) is 2.48. The molecule has 1 N–H and O–H groups in total. The van der Waals surface area contributed by atoms with Gasteiger partial charge < -0.3 is 5.32 Å². The first-order valence-corrected chi connectivity index (χ1v) is 6.98. The molecule has 3 aromatic rings. The van der Waals surface area contributed by atoms with E-state index in [1.807, 2.05) is 38.1 Å². The van der Waals surface area contributed by atoms with Crippen LogP contribution in [0, 0.1) is 13.8 Å². The van der Waals surface area contributed by atoms with Crippen LogP contribution in [0.1, 0.15) is 31.5 Å². The fourth-order valence-corrected chi connectivity index (χ4v) is 2.33.